The van der Waals surface area contributed by atoms with Crippen LogP contribution in [0.15, 0.2) is 66.2 Å². The maximum absolute atomic E-state index is 13.4. The lowest BCUT2D eigenvalue weighted by Crippen LogP contribution is -2.29. The van der Waals surface area contributed by atoms with Gasteiger partial charge in [-0.15, -0.1) is 0 Å². The van der Waals surface area contributed by atoms with Gasteiger partial charge in [0.05, 0.1) is 49.1 Å². The fraction of sp³-hybridized carbons (Fsp3) is 0.179. The van der Waals surface area contributed by atoms with Crippen molar-refractivity contribution < 1.29 is 38.8 Å². The number of rotatable bonds is 7. The number of ketones is 1. The molecule has 0 aliphatic carbocycles. The minimum absolute atomic E-state index is 0.00454. The van der Waals surface area contributed by atoms with Gasteiger partial charge in [0.15, 0.2) is 0 Å². The number of amides is 1. The lowest BCUT2D eigenvalue weighted by atomic mass is 9.94. The van der Waals surface area contributed by atoms with Crippen LogP contribution in [-0.2, 0) is 20.9 Å². The highest BCUT2D eigenvalue weighted by molar-refractivity contribution is 6.46. The van der Waals surface area contributed by atoms with Crippen molar-refractivity contribution in [3.63, 3.8) is 0 Å². The summed E-state index contributed by atoms with van der Waals surface area (Å²) in [6.45, 7) is -0.00454. The average molecular weight is 538 g/mol. The SMILES string of the molecule is COC(=O)c1ccc(CN2C(=O)C(=O)/C(=C(/O)c3cc(OC)c(Cl)cc3OC)C2c2ccc(O)cc2)cc1. The summed E-state index contributed by atoms with van der Waals surface area (Å²) in [4.78, 5) is 39.7. The van der Waals surface area contributed by atoms with Crippen LogP contribution in [0.2, 0.25) is 5.02 Å². The minimum atomic E-state index is -0.998. The summed E-state index contributed by atoms with van der Waals surface area (Å²) in [5.41, 5.74) is 1.38. The first-order chi connectivity index (χ1) is 18.2. The molecule has 0 bridgehead atoms. The van der Waals surface area contributed by atoms with Crippen LogP contribution in [0.4, 0.5) is 0 Å². The van der Waals surface area contributed by atoms with Crippen LogP contribution in [0.25, 0.3) is 5.76 Å². The Bertz CT molecular complexity index is 1430. The zero-order chi connectivity index (χ0) is 27.6. The molecule has 2 N–H and O–H groups in total. The summed E-state index contributed by atoms with van der Waals surface area (Å²) in [5, 5.41) is 21.5. The number of Topliss-reactive ketones (excluding diaryl/α,β-unsaturated/α-hetero) is 1. The number of phenols is 1. The Morgan fingerprint density at radius 3 is 2.16 bits per heavy atom. The van der Waals surface area contributed by atoms with Gasteiger partial charge < -0.3 is 29.3 Å². The Balaban J connectivity index is 1.86. The van der Waals surface area contributed by atoms with E-state index >= 15 is 0 Å². The first kappa shape index (κ1) is 26.6. The Hall–Kier alpha value is -4.50. The van der Waals surface area contributed by atoms with Crippen LogP contribution in [0, 0.1) is 0 Å². The molecule has 0 radical (unpaired) electrons. The van der Waals surface area contributed by atoms with Crippen LogP contribution >= 0.6 is 11.6 Å². The molecule has 3 aromatic carbocycles. The van der Waals surface area contributed by atoms with E-state index < -0.39 is 29.5 Å². The van der Waals surface area contributed by atoms with Crippen molar-refractivity contribution in [1.29, 1.82) is 0 Å². The molecule has 196 valence electrons. The van der Waals surface area contributed by atoms with E-state index in [1.807, 2.05) is 0 Å². The topological polar surface area (TPSA) is 123 Å². The third kappa shape index (κ3) is 4.88. The van der Waals surface area contributed by atoms with Crippen molar-refractivity contribution in [3.8, 4) is 17.2 Å². The molecule has 1 atom stereocenters. The summed E-state index contributed by atoms with van der Waals surface area (Å²) < 4.78 is 15.4. The summed E-state index contributed by atoms with van der Waals surface area (Å²) in [6.07, 6.45) is 0. The molecule has 0 aromatic heterocycles. The van der Waals surface area contributed by atoms with Gasteiger partial charge in [-0.25, -0.2) is 4.79 Å². The molecule has 1 fully saturated rings. The van der Waals surface area contributed by atoms with Gasteiger partial charge in [0.25, 0.3) is 11.7 Å². The molecule has 9 nitrogen and oxygen atoms in total. The van der Waals surface area contributed by atoms with Crippen molar-refractivity contribution >= 4 is 35.0 Å². The van der Waals surface area contributed by atoms with Gasteiger partial charge in [0.1, 0.15) is 23.0 Å². The van der Waals surface area contributed by atoms with E-state index in [1.165, 1.54) is 50.5 Å². The van der Waals surface area contributed by atoms with E-state index in [0.29, 0.717) is 16.7 Å². The third-order valence-electron chi connectivity index (χ3n) is 6.21. The number of aromatic hydroxyl groups is 1. The average Bonchev–Trinajstić information content (AvgIpc) is 3.17. The molecule has 3 aromatic rings. The number of aliphatic hydroxyl groups excluding tert-OH is 1. The predicted octanol–water partition coefficient (Wildman–Crippen LogP) is 4.47. The van der Waals surface area contributed by atoms with E-state index in [-0.39, 0.29) is 40.0 Å². The Labute approximate surface area is 223 Å². The van der Waals surface area contributed by atoms with Crippen molar-refractivity contribution in [2.24, 2.45) is 0 Å². The van der Waals surface area contributed by atoms with Crippen LogP contribution < -0.4 is 9.47 Å². The first-order valence-electron chi connectivity index (χ1n) is 11.4. The highest BCUT2D eigenvalue weighted by atomic mass is 35.5. The van der Waals surface area contributed by atoms with Crippen molar-refractivity contribution in [2.45, 2.75) is 12.6 Å². The highest BCUT2D eigenvalue weighted by Crippen LogP contribution is 2.43. The second-order valence-electron chi connectivity index (χ2n) is 8.39. The molecule has 1 unspecified atom stereocenters. The molecule has 1 aliphatic heterocycles. The van der Waals surface area contributed by atoms with E-state index in [9.17, 15) is 24.6 Å². The second kappa shape index (κ2) is 10.9. The Morgan fingerprint density at radius 1 is 0.947 bits per heavy atom. The van der Waals surface area contributed by atoms with Gasteiger partial charge in [-0.05, 0) is 41.5 Å². The van der Waals surface area contributed by atoms with Gasteiger partial charge in [0, 0.05) is 12.6 Å². The summed E-state index contributed by atoms with van der Waals surface area (Å²) >= 11 is 6.20. The second-order valence-corrected chi connectivity index (χ2v) is 8.80. The van der Waals surface area contributed by atoms with Crippen LogP contribution in [0.5, 0.6) is 17.2 Å². The maximum Gasteiger partial charge on any atom is 0.337 e. The van der Waals surface area contributed by atoms with E-state index in [0.717, 1.165) is 0 Å². The van der Waals surface area contributed by atoms with E-state index in [1.54, 1.807) is 36.4 Å². The zero-order valence-corrected chi connectivity index (χ0v) is 21.5. The molecule has 38 heavy (non-hydrogen) atoms. The fourth-order valence-electron chi connectivity index (χ4n) is 4.30. The number of halogens is 1. The number of carbonyl (C=O) groups excluding carboxylic acids is 3. The number of ether oxygens (including phenoxy) is 3. The monoisotopic (exact) mass is 537 g/mol. The number of phenolic OH excluding ortho intramolecular Hbond substituents is 1. The smallest absolute Gasteiger partial charge is 0.337 e. The molecular weight excluding hydrogens is 514 g/mol. The molecule has 1 saturated heterocycles. The fourth-order valence-corrected chi connectivity index (χ4v) is 4.53. The number of hydrogen-bond acceptors (Lipinski definition) is 8. The molecule has 1 amide bonds. The lowest BCUT2D eigenvalue weighted by Gasteiger charge is -2.25. The maximum atomic E-state index is 13.4. The zero-order valence-electron chi connectivity index (χ0n) is 20.7. The van der Waals surface area contributed by atoms with Gasteiger partial charge in [0.2, 0.25) is 0 Å². The normalized spacial score (nSPS) is 16.4. The number of aliphatic hydroxyl groups is 1. The summed E-state index contributed by atoms with van der Waals surface area (Å²) in [7, 11) is 4.06. The minimum Gasteiger partial charge on any atom is -0.508 e. The summed E-state index contributed by atoms with van der Waals surface area (Å²) in [6, 6.07) is 14.2. The Morgan fingerprint density at radius 2 is 1.58 bits per heavy atom. The van der Waals surface area contributed by atoms with Crippen LogP contribution in [0.1, 0.15) is 33.1 Å². The molecule has 10 heteroatoms. The quantitative estimate of drug-likeness (QED) is 0.196. The number of carbonyl (C=O) groups is 3. The predicted molar refractivity (Wildman–Crippen MR) is 138 cm³/mol. The Kier molecular flexibility index (Phi) is 7.59. The first-order valence-corrected chi connectivity index (χ1v) is 11.7. The molecular formula is C28H24ClNO8. The van der Waals surface area contributed by atoms with E-state index in [2.05, 4.69) is 0 Å². The van der Waals surface area contributed by atoms with Gasteiger partial charge in [-0.1, -0.05) is 35.9 Å². The van der Waals surface area contributed by atoms with Crippen LogP contribution in [-0.4, -0.2) is 54.1 Å². The number of hydrogen-bond donors (Lipinski definition) is 2. The molecule has 1 heterocycles. The highest BCUT2D eigenvalue weighted by Gasteiger charge is 2.46. The van der Waals surface area contributed by atoms with Crippen molar-refractivity contribution in [2.75, 3.05) is 21.3 Å². The van der Waals surface area contributed by atoms with E-state index in [4.69, 9.17) is 25.8 Å². The van der Waals surface area contributed by atoms with Gasteiger partial charge in [-0.2, -0.15) is 0 Å². The molecule has 0 spiro atoms. The lowest BCUT2D eigenvalue weighted by molar-refractivity contribution is -0.140. The van der Waals surface area contributed by atoms with Crippen molar-refractivity contribution in [1.82, 2.24) is 4.90 Å². The number of benzene rings is 3. The number of likely N-dealkylation sites (tertiary alicyclic amines) is 1. The number of methoxy groups -OCH3 is 3. The van der Waals surface area contributed by atoms with Crippen LogP contribution in [0.3, 0.4) is 0 Å². The van der Waals surface area contributed by atoms with Gasteiger partial charge >= 0.3 is 5.97 Å². The standard InChI is InChI=1S/C28H24ClNO8/c1-36-21-13-20(29)22(37-2)12-19(21)25(32)23-24(16-8-10-18(31)11-9-16)30(27(34)26(23)33)14-15-4-6-17(7-5-15)28(35)38-3/h4-13,24,31-32H,14H2,1-3H3/b25-23+. The van der Waals surface area contributed by atoms with Gasteiger partial charge in [-0.3, -0.25) is 9.59 Å². The molecule has 4 rings (SSSR count). The molecule has 1 aliphatic rings. The van der Waals surface area contributed by atoms with Crippen molar-refractivity contribution in [3.05, 3.63) is 93.5 Å². The third-order valence-corrected chi connectivity index (χ3v) is 6.50. The number of esters is 1. The summed E-state index contributed by atoms with van der Waals surface area (Å²) in [5.74, 6) is -2.32. The number of nitrogens with zero attached hydrogens (tertiary/aromatic N) is 1. The largest absolute Gasteiger partial charge is 0.508 e. The molecule has 0 saturated carbocycles.